The maximum Gasteiger partial charge on any atom is 0.222 e. The van der Waals surface area contributed by atoms with E-state index in [4.69, 9.17) is 4.74 Å². The number of aryl methyl sites for hydroxylation is 1. The fraction of sp³-hybridized carbons (Fsp3) is 0.565. The molecule has 2 aliphatic rings. The van der Waals surface area contributed by atoms with Gasteiger partial charge in [-0.05, 0) is 44.4 Å². The zero-order valence-electron chi connectivity index (χ0n) is 17.9. The summed E-state index contributed by atoms with van der Waals surface area (Å²) in [5, 5.41) is 1.15. The highest BCUT2D eigenvalue weighted by atomic mass is 16.5. The lowest BCUT2D eigenvalue weighted by Crippen LogP contribution is -2.47. The number of hydrogen-bond donors (Lipinski definition) is 0. The molecule has 1 aromatic heterocycles. The Hall–Kier alpha value is -2.34. The highest BCUT2D eigenvalue weighted by Crippen LogP contribution is 2.36. The summed E-state index contributed by atoms with van der Waals surface area (Å²) in [5.74, 6) is 1.64. The number of carbonyl (C=O) groups is 1. The Labute approximate surface area is 173 Å². The van der Waals surface area contributed by atoms with Crippen molar-refractivity contribution in [3.8, 4) is 5.75 Å². The van der Waals surface area contributed by atoms with Crippen LogP contribution >= 0.6 is 0 Å². The van der Waals surface area contributed by atoms with Gasteiger partial charge in [-0.3, -0.25) is 9.78 Å². The lowest BCUT2D eigenvalue weighted by Gasteiger charge is -2.37. The highest BCUT2D eigenvalue weighted by Gasteiger charge is 2.27. The van der Waals surface area contributed by atoms with Crippen LogP contribution in [0.3, 0.4) is 0 Å². The fourth-order valence-electron chi connectivity index (χ4n) is 4.66. The van der Waals surface area contributed by atoms with Crippen LogP contribution in [0.2, 0.25) is 0 Å². The Morgan fingerprint density at radius 1 is 1.14 bits per heavy atom. The van der Waals surface area contributed by atoms with Crippen LogP contribution in [-0.2, 0) is 4.79 Å². The Morgan fingerprint density at radius 3 is 2.55 bits per heavy atom. The second-order valence-electron chi connectivity index (χ2n) is 8.46. The van der Waals surface area contributed by atoms with Crippen molar-refractivity contribution in [1.29, 1.82) is 0 Å². The largest absolute Gasteiger partial charge is 0.494 e. The van der Waals surface area contributed by atoms with E-state index >= 15 is 0 Å². The van der Waals surface area contributed by atoms with Gasteiger partial charge < -0.3 is 19.4 Å². The summed E-state index contributed by atoms with van der Waals surface area (Å²) in [6.07, 6.45) is 4.77. The molecule has 0 atom stereocenters. The number of benzene rings is 1. The van der Waals surface area contributed by atoms with Crippen molar-refractivity contribution in [1.82, 2.24) is 14.8 Å². The molecule has 29 heavy (non-hydrogen) atoms. The van der Waals surface area contributed by atoms with Crippen molar-refractivity contribution in [3.63, 3.8) is 0 Å². The third kappa shape index (κ3) is 4.17. The van der Waals surface area contributed by atoms with Crippen molar-refractivity contribution in [2.24, 2.45) is 5.92 Å². The molecule has 2 aromatic rings. The highest BCUT2D eigenvalue weighted by molar-refractivity contribution is 5.96. The van der Waals surface area contributed by atoms with Gasteiger partial charge in [0.1, 0.15) is 11.3 Å². The molecule has 2 saturated heterocycles. The van der Waals surface area contributed by atoms with Crippen molar-refractivity contribution >= 4 is 22.5 Å². The van der Waals surface area contributed by atoms with Crippen molar-refractivity contribution in [2.45, 2.75) is 26.2 Å². The Morgan fingerprint density at radius 2 is 1.86 bits per heavy atom. The molecular formula is C23H32N4O2. The first-order valence-corrected chi connectivity index (χ1v) is 10.7. The van der Waals surface area contributed by atoms with E-state index in [0.29, 0.717) is 18.2 Å². The fourth-order valence-corrected chi connectivity index (χ4v) is 4.66. The predicted molar refractivity (Wildman–Crippen MR) is 117 cm³/mol. The van der Waals surface area contributed by atoms with Crippen molar-refractivity contribution in [3.05, 3.63) is 30.0 Å². The summed E-state index contributed by atoms with van der Waals surface area (Å²) in [6, 6.07) is 6.13. The number of hydrogen-bond acceptors (Lipinski definition) is 5. The van der Waals surface area contributed by atoms with Gasteiger partial charge in [0, 0.05) is 57.3 Å². The van der Waals surface area contributed by atoms with Crippen LogP contribution in [0.15, 0.2) is 24.4 Å². The van der Waals surface area contributed by atoms with E-state index in [2.05, 4.69) is 39.7 Å². The van der Waals surface area contributed by atoms with Gasteiger partial charge in [-0.15, -0.1) is 0 Å². The van der Waals surface area contributed by atoms with Crippen LogP contribution in [0.25, 0.3) is 10.9 Å². The summed E-state index contributed by atoms with van der Waals surface area (Å²) < 4.78 is 5.51. The number of piperazine rings is 1. The van der Waals surface area contributed by atoms with E-state index in [1.54, 1.807) is 7.11 Å². The normalized spacial score (nSPS) is 19.0. The SMILES string of the molecule is COc1cccc2c(N3CCC(CC(=O)N4CCN(C)CC4)CC3)c(C)cnc12. The molecule has 1 aromatic carbocycles. The molecule has 2 aliphatic heterocycles. The van der Waals surface area contributed by atoms with Gasteiger partial charge in [0.25, 0.3) is 0 Å². The monoisotopic (exact) mass is 396 g/mol. The van der Waals surface area contributed by atoms with Crippen molar-refractivity contribution < 1.29 is 9.53 Å². The average molecular weight is 397 g/mol. The van der Waals surface area contributed by atoms with E-state index in [1.165, 1.54) is 11.3 Å². The first-order valence-electron chi connectivity index (χ1n) is 10.7. The molecule has 4 rings (SSSR count). The van der Waals surface area contributed by atoms with Crippen LogP contribution in [0.1, 0.15) is 24.8 Å². The first kappa shape index (κ1) is 20.0. The van der Waals surface area contributed by atoms with E-state index < -0.39 is 0 Å². The van der Waals surface area contributed by atoms with Gasteiger partial charge in [0.2, 0.25) is 5.91 Å². The summed E-state index contributed by atoms with van der Waals surface area (Å²) >= 11 is 0. The number of aromatic nitrogens is 1. The first-order chi connectivity index (χ1) is 14.1. The number of para-hydroxylation sites is 1. The number of fused-ring (bicyclic) bond motifs is 1. The number of ether oxygens (including phenoxy) is 1. The van der Waals surface area contributed by atoms with Gasteiger partial charge in [0.15, 0.2) is 0 Å². The number of rotatable bonds is 4. The van der Waals surface area contributed by atoms with Crippen LogP contribution in [-0.4, -0.2) is 74.1 Å². The van der Waals surface area contributed by atoms with E-state index in [0.717, 1.165) is 68.8 Å². The summed E-state index contributed by atoms with van der Waals surface area (Å²) in [4.78, 5) is 24.1. The number of likely N-dealkylation sites (N-methyl/N-ethyl adjacent to an activating group) is 1. The van der Waals surface area contributed by atoms with E-state index in [9.17, 15) is 4.79 Å². The molecule has 0 N–H and O–H groups in total. The van der Waals surface area contributed by atoms with Gasteiger partial charge >= 0.3 is 0 Å². The minimum Gasteiger partial charge on any atom is -0.494 e. The summed E-state index contributed by atoms with van der Waals surface area (Å²) in [7, 11) is 3.82. The van der Waals surface area contributed by atoms with Crippen LogP contribution in [0.5, 0.6) is 5.75 Å². The smallest absolute Gasteiger partial charge is 0.222 e. The zero-order valence-corrected chi connectivity index (χ0v) is 17.9. The topological polar surface area (TPSA) is 48.9 Å². The molecule has 3 heterocycles. The molecule has 0 bridgehead atoms. The number of carbonyl (C=O) groups excluding carboxylic acids is 1. The molecule has 2 fully saturated rings. The van der Waals surface area contributed by atoms with Gasteiger partial charge in [-0.25, -0.2) is 0 Å². The average Bonchev–Trinajstić information content (AvgIpc) is 2.74. The molecular weight excluding hydrogens is 364 g/mol. The molecule has 0 aliphatic carbocycles. The standard InChI is InChI=1S/C23H32N4O2/c1-17-16-24-22-19(5-4-6-20(22)29-3)23(17)27-9-7-18(8-10-27)15-21(28)26-13-11-25(2)12-14-26/h4-6,16,18H,7-15H2,1-3H3. The van der Waals surface area contributed by atoms with Crippen LogP contribution < -0.4 is 9.64 Å². The van der Waals surface area contributed by atoms with Gasteiger partial charge in [-0.2, -0.15) is 0 Å². The molecule has 0 spiro atoms. The van der Waals surface area contributed by atoms with E-state index in [1.807, 2.05) is 18.3 Å². The molecule has 6 heteroatoms. The quantitative estimate of drug-likeness (QED) is 0.795. The maximum absolute atomic E-state index is 12.7. The minimum absolute atomic E-state index is 0.340. The number of methoxy groups -OCH3 is 1. The second-order valence-corrected chi connectivity index (χ2v) is 8.46. The predicted octanol–water partition coefficient (Wildman–Crippen LogP) is 2.93. The molecule has 156 valence electrons. The maximum atomic E-state index is 12.7. The Kier molecular flexibility index (Phi) is 5.90. The van der Waals surface area contributed by atoms with Gasteiger partial charge in [0.05, 0.1) is 12.8 Å². The Balaban J connectivity index is 1.42. The number of pyridine rings is 1. The van der Waals surface area contributed by atoms with Crippen LogP contribution in [0.4, 0.5) is 5.69 Å². The third-order valence-corrected chi connectivity index (χ3v) is 6.48. The summed E-state index contributed by atoms with van der Waals surface area (Å²) in [5.41, 5.74) is 3.37. The van der Waals surface area contributed by atoms with Gasteiger partial charge in [-0.1, -0.05) is 12.1 Å². The van der Waals surface area contributed by atoms with Crippen molar-refractivity contribution in [2.75, 3.05) is 58.3 Å². The minimum atomic E-state index is 0.340. The number of amides is 1. The molecule has 6 nitrogen and oxygen atoms in total. The number of nitrogens with zero attached hydrogens (tertiary/aromatic N) is 4. The molecule has 0 unspecified atom stereocenters. The molecule has 0 radical (unpaired) electrons. The van der Waals surface area contributed by atoms with Crippen LogP contribution in [0, 0.1) is 12.8 Å². The van der Waals surface area contributed by atoms with E-state index in [-0.39, 0.29) is 0 Å². The Bertz CT molecular complexity index is 869. The summed E-state index contributed by atoms with van der Waals surface area (Å²) in [6.45, 7) is 7.82. The third-order valence-electron chi connectivity index (χ3n) is 6.48. The lowest BCUT2D eigenvalue weighted by atomic mass is 9.92. The zero-order chi connectivity index (χ0) is 20.4. The second kappa shape index (κ2) is 8.57. The molecule has 0 saturated carbocycles. The lowest BCUT2D eigenvalue weighted by molar-refractivity contribution is -0.133. The molecule has 1 amide bonds. The number of anilines is 1. The number of piperidine rings is 1.